The van der Waals surface area contributed by atoms with E-state index >= 15 is 0 Å². The van der Waals surface area contributed by atoms with Crippen LogP contribution >= 0.6 is 0 Å². The second-order valence-corrected chi connectivity index (χ2v) is 5.72. The Hall–Kier alpha value is -2.50. The first-order valence-corrected chi connectivity index (χ1v) is 8.02. The van der Waals surface area contributed by atoms with Crippen molar-refractivity contribution in [3.05, 3.63) is 29.6 Å². The van der Waals surface area contributed by atoms with Crippen molar-refractivity contribution in [3.63, 3.8) is 0 Å². The number of carbonyl (C=O) groups is 2. The molecular weight excluding hydrogens is 398 g/mol. The number of ether oxygens (including phenoxy) is 1. The van der Waals surface area contributed by atoms with Gasteiger partial charge in [-0.3, -0.25) is 4.79 Å². The van der Waals surface area contributed by atoms with Crippen molar-refractivity contribution in [2.75, 3.05) is 6.54 Å². The summed E-state index contributed by atoms with van der Waals surface area (Å²) in [7, 11) is 0. The molecule has 0 bridgehead atoms. The highest BCUT2D eigenvalue weighted by atomic mass is 19.4. The Bertz CT molecular complexity index is 669. The minimum absolute atomic E-state index is 0.0132. The molecule has 0 aromatic heterocycles. The lowest BCUT2D eigenvalue weighted by Crippen LogP contribution is -2.44. The van der Waals surface area contributed by atoms with Gasteiger partial charge in [0.1, 0.15) is 11.6 Å². The number of hydrogen-bond acceptors (Lipinski definition) is 4. The lowest BCUT2D eigenvalue weighted by atomic mass is 10.0. The number of alkyl halides is 5. The Morgan fingerprint density at radius 1 is 1.36 bits per heavy atom. The molecule has 1 fully saturated rings. The largest absolute Gasteiger partial charge is 0.490 e. The van der Waals surface area contributed by atoms with Crippen LogP contribution in [0.5, 0.6) is 5.75 Å². The number of hydrogen-bond donors (Lipinski definition) is 3. The van der Waals surface area contributed by atoms with Gasteiger partial charge in [-0.05, 0) is 31.0 Å². The fourth-order valence-corrected chi connectivity index (χ4v) is 2.31. The van der Waals surface area contributed by atoms with Crippen molar-refractivity contribution in [3.8, 4) is 5.75 Å². The summed E-state index contributed by atoms with van der Waals surface area (Å²) in [6, 6.07) is 3.42. The van der Waals surface area contributed by atoms with Crippen LogP contribution in [0.2, 0.25) is 0 Å². The molecule has 1 aliphatic heterocycles. The molecule has 1 aromatic carbocycles. The second kappa shape index (κ2) is 10.7. The van der Waals surface area contributed by atoms with Crippen LogP contribution in [-0.4, -0.2) is 42.4 Å². The maximum absolute atomic E-state index is 13.2. The molecule has 0 radical (unpaired) electrons. The number of carboxylic acid groups (broad SMARTS) is 1. The zero-order valence-electron chi connectivity index (χ0n) is 14.4. The van der Waals surface area contributed by atoms with Crippen LogP contribution in [0.1, 0.15) is 24.8 Å². The molecule has 1 atom stereocenters. The van der Waals surface area contributed by atoms with Crippen molar-refractivity contribution < 1.29 is 45.8 Å². The predicted molar refractivity (Wildman–Crippen MR) is 84.2 cm³/mol. The molecule has 12 heteroatoms. The molecule has 6 nitrogen and oxygen atoms in total. The topological polar surface area (TPSA) is 87.7 Å². The number of piperidine rings is 1. The highest BCUT2D eigenvalue weighted by Crippen LogP contribution is 2.21. The first kappa shape index (κ1) is 23.5. The summed E-state index contributed by atoms with van der Waals surface area (Å²) in [6.45, 7) is -2.27. The van der Waals surface area contributed by atoms with Crippen molar-refractivity contribution >= 4 is 11.9 Å². The van der Waals surface area contributed by atoms with Gasteiger partial charge in [-0.25, -0.2) is 9.18 Å². The molecule has 158 valence electrons. The summed E-state index contributed by atoms with van der Waals surface area (Å²) in [5.41, 5.74) is 0.317. The highest BCUT2D eigenvalue weighted by Gasteiger charge is 2.38. The second-order valence-electron chi connectivity index (χ2n) is 5.72. The Balaban J connectivity index is 0.000000480. The van der Waals surface area contributed by atoms with Gasteiger partial charge in [-0.2, -0.15) is 22.0 Å². The number of benzene rings is 1. The number of aliphatic carboxylic acids is 1. The fraction of sp³-hybridized carbons (Fsp3) is 0.500. The number of halogens is 6. The first-order chi connectivity index (χ1) is 13.0. The number of nitrogens with one attached hydrogen (secondary N) is 2. The summed E-state index contributed by atoms with van der Waals surface area (Å²) in [4.78, 5) is 20.1. The van der Waals surface area contributed by atoms with E-state index in [-0.39, 0.29) is 24.2 Å². The van der Waals surface area contributed by atoms with Gasteiger partial charge in [0, 0.05) is 31.1 Å². The predicted octanol–water partition coefficient (Wildman–Crippen LogP) is 2.82. The molecule has 1 aromatic rings. The Kier molecular flexibility index (Phi) is 9.03. The minimum Gasteiger partial charge on any atom is -0.475 e. The smallest absolute Gasteiger partial charge is 0.475 e. The molecule has 0 aliphatic carbocycles. The molecule has 1 saturated heterocycles. The summed E-state index contributed by atoms with van der Waals surface area (Å²) in [5.74, 6) is -3.31. The van der Waals surface area contributed by atoms with Gasteiger partial charge < -0.3 is 20.5 Å². The van der Waals surface area contributed by atoms with Gasteiger partial charge in [0.05, 0.1) is 0 Å². The van der Waals surface area contributed by atoms with Gasteiger partial charge in [0.15, 0.2) is 0 Å². The average molecular weight is 416 g/mol. The molecule has 3 N–H and O–H groups in total. The molecule has 1 amide bonds. The first-order valence-electron chi connectivity index (χ1n) is 8.02. The van der Waals surface area contributed by atoms with E-state index in [0.717, 1.165) is 25.0 Å². The summed E-state index contributed by atoms with van der Waals surface area (Å²) in [6.07, 6.45) is -2.85. The van der Waals surface area contributed by atoms with Crippen molar-refractivity contribution in [1.29, 1.82) is 0 Å². The van der Waals surface area contributed by atoms with Crippen LogP contribution < -0.4 is 15.4 Å². The van der Waals surface area contributed by atoms with E-state index in [1.54, 1.807) is 0 Å². The third-order valence-corrected chi connectivity index (χ3v) is 3.51. The van der Waals surface area contributed by atoms with Gasteiger partial charge >= 0.3 is 18.8 Å². The molecule has 0 spiro atoms. The lowest BCUT2D eigenvalue weighted by Gasteiger charge is -2.23. The quantitative estimate of drug-likeness (QED) is 0.621. The lowest BCUT2D eigenvalue weighted by molar-refractivity contribution is -0.192. The van der Waals surface area contributed by atoms with E-state index in [1.165, 1.54) is 6.07 Å². The highest BCUT2D eigenvalue weighted by molar-refractivity contribution is 5.76. The van der Waals surface area contributed by atoms with Gasteiger partial charge in [0.25, 0.3) is 0 Å². The maximum atomic E-state index is 13.2. The van der Waals surface area contributed by atoms with Crippen LogP contribution in [0.3, 0.4) is 0 Å². The SMILES string of the molecule is O=C(O)C(F)(F)F.O=C1CCC[C@H](CNCc2cc(F)ccc2OC(F)F)N1. The number of carbonyl (C=O) groups excluding carboxylic acids is 1. The monoisotopic (exact) mass is 416 g/mol. The third kappa shape index (κ3) is 8.93. The molecule has 0 saturated carbocycles. The molecular formula is C16H18F6N2O4. The molecule has 2 rings (SSSR count). The summed E-state index contributed by atoms with van der Waals surface area (Å²) < 4.78 is 73.8. The minimum atomic E-state index is -5.08. The van der Waals surface area contributed by atoms with E-state index < -0.39 is 24.6 Å². The van der Waals surface area contributed by atoms with Gasteiger partial charge in [-0.15, -0.1) is 0 Å². The van der Waals surface area contributed by atoms with Crippen LogP contribution in [0.25, 0.3) is 0 Å². The number of amides is 1. The maximum Gasteiger partial charge on any atom is 0.490 e. The van der Waals surface area contributed by atoms with E-state index in [2.05, 4.69) is 15.4 Å². The summed E-state index contributed by atoms with van der Waals surface area (Å²) in [5, 5.41) is 13.0. The zero-order chi connectivity index (χ0) is 21.3. The van der Waals surface area contributed by atoms with Crippen molar-refractivity contribution in [2.24, 2.45) is 0 Å². The molecule has 1 aliphatic rings. The fourth-order valence-electron chi connectivity index (χ4n) is 2.31. The zero-order valence-corrected chi connectivity index (χ0v) is 14.4. The summed E-state index contributed by atoms with van der Waals surface area (Å²) >= 11 is 0. The molecule has 1 heterocycles. The Labute approximate surface area is 155 Å². The van der Waals surface area contributed by atoms with E-state index in [4.69, 9.17) is 9.90 Å². The van der Waals surface area contributed by atoms with E-state index in [0.29, 0.717) is 18.5 Å². The van der Waals surface area contributed by atoms with Gasteiger partial charge in [-0.1, -0.05) is 0 Å². The standard InChI is InChI=1S/C14H17F3N2O2.C2HF3O2/c15-10-4-5-12(21-14(16)17)9(6-10)7-18-8-11-2-1-3-13(20)19-11;3-2(4,5)1(6)7/h4-6,11,14,18H,1-3,7-8H2,(H,19,20);(H,6,7)/t11-;/m1./s1. The normalized spacial score (nSPS) is 16.8. The van der Waals surface area contributed by atoms with Gasteiger partial charge in [0.2, 0.25) is 5.91 Å². The number of carboxylic acids is 1. The van der Waals surface area contributed by atoms with E-state index in [1.807, 2.05) is 0 Å². The molecule has 28 heavy (non-hydrogen) atoms. The van der Waals surface area contributed by atoms with Crippen LogP contribution in [0, 0.1) is 5.82 Å². The van der Waals surface area contributed by atoms with Crippen LogP contribution in [0.15, 0.2) is 18.2 Å². The van der Waals surface area contributed by atoms with Crippen LogP contribution in [-0.2, 0) is 16.1 Å². The van der Waals surface area contributed by atoms with Crippen molar-refractivity contribution in [1.82, 2.24) is 10.6 Å². The third-order valence-electron chi connectivity index (χ3n) is 3.51. The Morgan fingerprint density at radius 2 is 2.00 bits per heavy atom. The average Bonchev–Trinajstić information content (AvgIpc) is 2.56. The number of rotatable bonds is 6. The van der Waals surface area contributed by atoms with Crippen molar-refractivity contribution in [2.45, 2.75) is 44.6 Å². The van der Waals surface area contributed by atoms with Crippen LogP contribution in [0.4, 0.5) is 26.3 Å². The molecule has 0 unspecified atom stereocenters. The Morgan fingerprint density at radius 3 is 2.54 bits per heavy atom. The van der Waals surface area contributed by atoms with E-state index in [9.17, 15) is 31.1 Å².